The average molecular weight is 255 g/mol. The molecule has 1 aromatic heterocycles. The van der Waals surface area contributed by atoms with Crippen molar-refractivity contribution in [1.82, 2.24) is 15.2 Å². The van der Waals surface area contributed by atoms with E-state index >= 15 is 0 Å². The molecule has 0 aliphatic rings. The van der Waals surface area contributed by atoms with E-state index in [1.54, 1.807) is 0 Å². The lowest BCUT2D eigenvalue weighted by Crippen LogP contribution is -2.12. The fourth-order valence-corrected chi connectivity index (χ4v) is 1.62. The minimum absolute atomic E-state index is 0.134. The van der Waals surface area contributed by atoms with Crippen LogP contribution in [0.25, 0.3) is 0 Å². The molecule has 18 heavy (non-hydrogen) atoms. The highest BCUT2D eigenvalue weighted by atomic mass is 19.4. The van der Waals surface area contributed by atoms with Gasteiger partial charge in [-0.3, -0.25) is 5.10 Å². The van der Waals surface area contributed by atoms with Crippen molar-refractivity contribution in [3.63, 3.8) is 0 Å². The first-order valence-corrected chi connectivity index (χ1v) is 5.54. The predicted octanol–water partition coefficient (Wildman–Crippen LogP) is 2.69. The number of H-pyrrole nitrogens is 1. The number of hydrogen-bond acceptors (Lipinski definition) is 2. The first-order chi connectivity index (χ1) is 8.53. The molecular formula is C12H12F3N3. The highest BCUT2D eigenvalue weighted by Crippen LogP contribution is 2.19. The summed E-state index contributed by atoms with van der Waals surface area (Å²) in [5, 5.41) is 6.10. The van der Waals surface area contributed by atoms with Crippen LogP contribution in [0.3, 0.4) is 0 Å². The van der Waals surface area contributed by atoms with Gasteiger partial charge in [0.1, 0.15) is 12.2 Å². The first-order valence-electron chi connectivity index (χ1n) is 5.54. The third-order valence-electron chi connectivity index (χ3n) is 2.43. The number of nitrogens with zero attached hydrogens (tertiary/aromatic N) is 2. The molecule has 1 N–H and O–H groups in total. The summed E-state index contributed by atoms with van der Waals surface area (Å²) in [6, 6.07) is 9.68. The maximum Gasteiger partial charge on any atom is 0.396 e. The zero-order chi connectivity index (χ0) is 13.0. The highest BCUT2D eigenvalue weighted by molar-refractivity contribution is 5.15. The molecule has 0 spiro atoms. The topological polar surface area (TPSA) is 41.6 Å². The average Bonchev–Trinajstić information content (AvgIpc) is 2.73. The van der Waals surface area contributed by atoms with Gasteiger partial charge in [-0.2, -0.15) is 18.3 Å². The second-order valence-corrected chi connectivity index (χ2v) is 3.98. The smallest absolute Gasteiger partial charge is 0.263 e. The molecule has 0 fully saturated rings. The number of halogens is 3. The van der Waals surface area contributed by atoms with Gasteiger partial charge >= 0.3 is 6.18 Å². The molecule has 1 aromatic carbocycles. The van der Waals surface area contributed by atoms with Gasteiger partial charge in [0.25, 0.3) is 0 Å². The molecule has 0 bridgehead atoms. The number of hydrogen-bond donors (Lipinski definition) is 1. The van der Waals surface area contributed by atoms with Crippen LogP contribution in [0.1, 0.15) is 17.2 Å². The van der Waals surface area contributed by atoms with Crippen molar-refractivity contribution >= 4 is 0 Å². The third kappa shape index (κ3) is 3.87. The molecule has 3 nitrogen and oxygen atoms in total. The van der Waals surface area contributed by atoms with E-state index in [1.165, 1.54) is 0 Å². The van der Waals surface area contributed by atoms with Gasteiger partial charge in [0, 0.05) is 6.42 Å². The maximum atomic E-state index is 12.1. The Morgan fingerprint density at radius 2 is 1.78 bits per heavy atom. The molecule has 0 saturated heterocycles. The van der Waals surface area contributed by atoms with Crippen molar-refractivity contribution in [3.8, 4) is 0 Å². The van der Waals surface area contributed by atoms with E-state index in [0.29, 0.717) is 18.7 Å². The van der Waals surface area contributed by atoms with E-state index in [9.17, 15) is 13.2 Å². The zero-order valence-corrected chi connectivity index (χ0v) is 9.54. The Morgan fingerprint density at radius 1 is 1.06 bits per heavy atom. The summed E-state index contributed by atoms with van der Waals surface area (Å²) in [5.41, 5.74) is 1.11. The molecule has 0 atom stereocenters. The molecule has 0 saturated carbocycles. The molecule has 0 amide bonds. The van der Waals surface area contributed by atoms with Gasteiger partial charge in [-0.25, -0.2) is 4.98 Å². The lowest BCUT2D eigenvalue weighted by molar-refractivity contribution is -0.128. The van der Waals surface area contributed by atoms with E-state index in [0.717, 1.165) is 5.56 Å². The standard InChI is InChI=1S/C12H12F3N3/c13-12(14,15)8-11-16-10(17-18-11)7-6-9-4-2-1-3-5-9/h1-5H,6-8H2,(H,16,17,18). The number of rotatable bonds is 4. The summed E-state index contributed by atoms with van der Waals surface area (Å²) >= 11 is 0. The molecular weight excluding hydrogens is 243 g/mol. The molecule has 6 heteroatoms. The van der Waals surface area contributed by atoms with Crippen LogP contribution in [-0.2, 0) is 19.3 Å². The van der Waals surface area contributed by atoms with Crippen LogP contribution < -0.4 is 0 Å². The van der Waals surface area contributed by atoms with Crippen LogP contribution in [0.5, 0.6) is 0 Å². The van der Waals surface area contributed by atoms with Crippen molar-refractivity contribution in [3.05, 3.63) is 47.5 Å². The van der Waals surface area contributed by atoms with Crippen LogP contribution >= 0.6 is 0 Å². The normalized spacial score (nSPS) is 11.7. The van der Waals surface area contributed by atoms with Crippen LogP contribution in [0.2, 0.25) is 0 Å². The van der Waals surface area contributed by atoms with Crippen molar-refractivity contribution in [1.29, 1.82) is 0 Å². The second kappa shape index (κ2) is 5.20. The zero-order valence-electron chi connectivity index (χ0n) is 9.54. The predicted molar refractivity (Wildman–Crippen MR) is 60.0 cm³/mol. The van der Waals surface area contributed by atoms with E-state index in [4.69, 9.17) is 0 Å². The van der Waals surface area contributed by atoms with Crippen molar-refractivity contribution in [2.75, 3.05) is 0 Å². The lowest BCUT2D eigenvalue weighted by atomic mass is 10.1. The van der Waals surface area contributed by atoms with Gasteiger partial charge in [-0.05, 0) is 12.0 Å². The minimum Gasteiger partial charge on any atom is -0.263 e. The maximum absolute atomic E-state index is 12.1. The summed E-state index contributed by atoms with van der Waals surface area (Å²) in [6.07, 6.45) is -4.08. The number of nitrogens with one attached hydrogen (secondary N) is 1. The largest absolute Gasteiger partial charge is 0.396 e. The summed E-state index contributed by atoms with van der Waals surface area (Å²) in [5.74, 6) is 0.281. The Bertz CT molecular complexity index is 491. The molecule has 2 rings (SSSR count). The van der Waals surface area contributed by atoms with Gasteiger partial charge in [-0.1, -0.05) is 30.3 Å². The number of benzene rings is 1. The molecule has 2 aromatic rings. The Morgan fingerprint density at radius 3 is 2.44 bits per heavy atom. The summed E-state index contributed by atoms with van der Waals surface area (Å²) in [6.45, 7) is 0. The molecule has 96 valence electrons. The van der Waals surface area contributed by atoms with Crippen LogP contribution in [-0.4, -0.2) is 21.4 Å². The van der Waals surface area contributed by atoms with E-state index in [-0.39, 0.29) is 5.82 Å². The lowest BCUT2D eigenvalue weighted by Gasteiger charge is -2.01. The van der Waals surface area contributed by atoms with Gasteiger partial charge in [-0.15, -0.1) is 0 Å². The van der Waals surface area contributed by atoms with E-state index in [2.05, 4.69) is 15.2 Å². The Balaban J connectivity index is 1.91. The molecule has 1 heterocycles. The minimum atomic E-state index is -4.25. The van der Waals surface area contributed by atoms with Crippen molar-refractivity contribution < 1.29 is 13.2 Å². The Kier molecular flexibility index (Phi) is 3.64. The van der Waals surface area contributed by atoms with E-state index in [1.807, 2.05) is 30.3 Å². The second-order valence-electron chi connectivity index (χ2n) is 3.98. The number of aromatic nitrogens is 3. The molecule has 0 unspecified atom stereocenters. The highest BCUT2D eigenvalue weighted by Gasteiger charge is 2.29. The molecule has 0 aliphatic carbocycles. The fourth-order valence-electron chi connectivity index (χ4n) is 1.62. The summed E-state index contributed by atoms with van der Waals surface area (Å²) in [4.78, 5) is 3.82. The van der Waals surface area contributed by atoms with Gasteiger partial charge in [0.15, 0.2) is 5.82 Å². The number of aromatic amines is 1. The fraction of sp³-hybridized carbons (Fsp3) is 0.333. The third-order valence-corrected chi connectivity index (χ3v) is 2.43. The van der Waals surface area contributed by atoms with Crippen LogP contribution in [0, 0.1) is 0 Å². The van der Waals surface area contributed by atoms with E-state index < -0.39 is 12.6 Å². The van der Waals surface area contributed by atoms with Crippen LogP contribution in [0.4, 0.5) is 13.2 Å². The Labute approximate surface area is 102 Å². The van der Waals surface area contributed by atoms with Crippen molar-refractivity contribution in [2.45, 2.75) is 25.4 Å². The number of aryl methyl sites for hydroxylation is 2. The quantitative estimate of drug-likeness (QED) is 0.912. The first kappa shape index (κ1) is 12.6. The molecule has 0 radical (unpaired) electrons. The summed E-state index contributed by atoms with van der Waals surface area (Å²) < 4.78 is 36.3. The van der Waals surface area contributed by atoms with Gasteiger partial charge < -0.3 is 0 Å². The Hall–Kier alpha value is -1.85. The summed E-state index contributed by atoms with van der Waals surface area (Å²) in [7, 11) is 0. The van der Waals surface area contributed by atoms with Gasteiger partial charge in [0.2, 0.25) is 0 Å². The SMILES string of the molecule is FC(F)(F)Cc1nc(CCc2ccccc2)n[nH]1. The van der Waals surface area contributed by atoms with Gasteiger partial charge in [0.05, 0.1) is 0 Å². The van der Waals surface area contributed by atoms with Crippen molar-refractivity contribution in [2.24, 2.45) is 0 Å². The number of alkyl halides is 3. The monoisotopic (exact) mass is 255 g/mol. The molecule has 0 aliphatic heterocycles. The van der Waals surface area contributed by atoms with Crippen LogP contribution in [0.15, 0.2) is 30.3 Å².